The van der Waals surface area contributed by atoms with E-state index < -0.39 is 5.82 Å². The number of ether oxygens (including phenoxy) is 1. The minimum absolute atomic E-state index is 0.0260. The van der Waals surface area contributed by atoms with Gasteiger partial charge in [-0.3, -0.25) is 4.79 Å². The molecule has 3 aliphatic rings. The van der Waals surface area contributed by atoms with Crippen LogP contribution in [0.4, 0.5) is 4.39 Å². The van der Waals surface area contributed by atoms with E-state index >= 15 is 0 Å². The van der Waals surface area contributed by atoms with Gasteiger partial charge < -0.3 is 15.0 Å². The van der Waals surface area contributed by atoms with Crippen LogP contribution in [0.15, 0.2) is 48.2 Å². The molecule has 0 bridgehead atoms. The molecule has 0 radical (unpaired) electrons. The third kappa shape index (κ3) is 3.34. The van der Waals surface area contributed by atoms with E-state index in [4.69, 9.17) is 4.74 Å². The summed E-state index contributed by atoms with van der Waals surface area (Å²) in [6, 6.07) is 4.87. The van der Waals surface area contributed by atoms with Crippen molar-refractivity contribution in [2.24, 2.45) is 5.92 Å². The highest BCUT2D eigenvalue weighted by atomic mass is 31.1. The predicted octanol–water partition coefficient (Wildman–Crippen LogP) is 3.48. The van der Waals surface area contributed by atoms with Crippen molar-refractivity contribution in [2.45, 2.75) is 18.6 Å². The molecule has 0 aliphatic carbocycles. The number of amides is 1. The molecule has 2 atom stereocenters. The maximum absolute atomic E-state index is 14.0. The largest absolute Gasteiger partial charge is 0.494 e. The first kappa shape index (κ1) is 17.4. The Morgan fingerprint density at radius 1 is 1.31 bits per heavy atom. The molecule has 1 N–H and O–H groups in total. The summed E-state index contributed by atoms with van der Waals surface area (Å²) in [5.74, 6) is 0.325. The Labute approximate surface area is 154 Å². The first-order valence-electron chi connectivity index (χ1n) is 8.91. The van der Waals surface area contributed by atoms with Crippen molar-refractivity contribution >= 4 is 19.8 Å². The number of rotatable bonds is 3. The lowest BCUT2D eigenvalue weighted by atomic mass is 9.89. The summed E-state index contributed by atoms with van der Waals surface area (Å²) in [5.41, 5.74) is 1.99. The maximum Gasteiger partial charge on any atom is 0.252 e. The molecule has 0 saturated carbocycles. The summed E-state index contributed by atoms with van der Waals surface area (Å²) in [5, 5.41) is 4.27. The number of carbonyl (C=O) groups excluding carboxylic acids is 1. The van der Waals surface area contributed by atoms with E-state index in [2.05, 4.69) is 17.5 Å². The Kier molecular flexibility index (Phi) is 4.92. The van der Waals surface area contributed by atoms with Gasteiger partial charge in [-0.1, -0.05) is 26.8 Å². The summed E-state index contributed by atoms with van der Waals surface area (Å²) in [7, 11) is 1.84. The fraction of sp³-hybridized carbons (Fsp3) is 0.350. The second kappa shape index (κ2) is 7.34. The molecule has 1 fully saturated rings. The lowest BCUT2D eigenvalue weighted by molar-refractivity contribution is -0.123. The Morgan fingerprint density at radius 3 is 2.85 bits per heavy atom. The van der Waals surface area contributed by atoms with E-state index in [1.165, 1.54) is 18.7 Å². The van der Waals surface area contributed by atoms with Crippen LogP contribution in [0.2, 0.25) is 0 Å². The molecule has 3 aliphatic heterocycles. The lowest BCUT2D eigenvalue weighted by Gasteiger charge is -2.36. The molecule has 1 aromatic carbocycles. The summed E-state index contributed by atoms with van der Waals surface area (Å²) >= 11 is 0. The molecule has 1 amide bonds. The van der Waals surface area contributed by atoms with Crippen molar-refractivity contribution < 1.29 is 13.9 Å². The van der Waals surface area contributed by atoms with Gasteiger partial charge in [0.1, 0.15) is 0 Å². The molecule has 0 spiro atoms. The van der Waals surface area contributed by atoms with Crippen LogP contribution >= 0.6 is 8.58 Å². The molecule has 4 rings (SSSR count). The van der Waals surface area contributed by atoms with Gasteiger partial charge in [-0.25, -0.2) is 4.39 Å². The first-order chi connectivity index (χ1) is 12.7. The van der Waals surface area contributed by atoms with E-state index in [1.807, 2.05) is 17.2 Å². The summed E-state index contributed by atoms with van der Waals surface area (Å²) in [6.07, 6.45) is 10.2. The highest BCUT2D eigenvalue weighted by Crippen LogP contribution is 2.45. The Hall–Kier alpha value is -1.97. The van der Waals surface area contributed by atoms with Crippen LogP contribution in [0.5, 0.6) is 5.75 Å². The first-order valence-corrected chi connectivity index (χ1v) is 9.98. The number of nitrogens with zero attached hydrogens (tertiary/aromatic N) is 1. The Bertz CT molecular complexity index is 812. The number of methoxy groups -OCH3 is 1. The number of allylic oxidation sites excluding steroid dienone is 2. The fourth-order valence-electron chi connectivity index (χ4n) is 3.69. The highest BCUT2D eigenvalue weighted by molar-refractivity contribution is 7.51. The van der Waals surface area contributed by atoms with Crippen molar-refractivity contribution in [3.05, 3.63) is 59.6 Å². The molecule has 4 nitrogen and oxygen atoms in total. The fourth-order valence-corrected chi connectivity index (χ4v) is 5.07. The van der Waals surface area contributed by atoms with E-state index in [9.17, 15) is 9.18 Å². The molecule has 136 valence electrons. The van der Waals surface area contributed by atoms with Gasteiger partial charge in [0.25, 0.3) is 5.91 Å². The standard InChI is InChI=1S/C20H22FN2O2P/c1-25-17-4-2-14(10-16(17)21)18-11-19(24)23-12-15(3-5-20(23)26-18)13-6-8-22-9-7-13/h2-5,10-13,20,22,26H,6-9H2,1H3. The van der Waals surface area contributed by atoms with Gasteiger partial charge in [-0.15, -0.1) is 0 Å². The van der Waals surface area contributed by atoms with Gasteiger partial charge in [0.05, 0.1) is 12.9 Å². The lowest BCUT2D eigenvalue weighted by Crippen LogP contribution is -2.37. The Morgan fingerprint density at radius 2 is 2.12 bits per heavy atom. The monoisotopic (exact) mass is 372 g/mol. The molecular weight excluding hydrogens is 350 g/mol. The van der Waals surface area contributed by atoms with Gasteiger partial charge in [0.2, 0.25) is 0 Å². The van der Waals surface area contributed by atoms with Gasteiger partial charge >= 0.3 is 0 Å². The molecule has 2 unspecified atom stereocenters. The van der Waals surface area contributed by atoms with Crippen molar-refractivity contribution in [1.82, 2.24) is 10.2 Å². The second-order valence-electron chi connectivity index (χ2n) is 6.75. The quantitative estimate of drug-likeness (QED) is 0.826. The van der Waals surface area contributed by atoms with Crippen LogP contribution < -0.4 is 10.1 Å². The second-order valence-corrected chi connectivity index (χ2v) is 8.17. The van der Waals surface area contributed by atoms with Crippen LogP contribution in [-0.4, -0.2) is 36.8 Å². The molecule has 0 aromatic heterocycles. The number of hydrogen-bond acceptors (Lipinski definition) is 3. The topological polar surface area (TPSA) is 41.6 Å². The molecule has 6 heteroatoms. The molecule has 3 heterocycles. The third-order valence-corrected chi connectivity index (χ3v) is 6.67. The third-order valence-electron chi connectivity index (χ3n) is 5.16. The molecule has 1 aromatic rings. The highest BCUT2D eigenvalue weighted by Gasteiger charge is 2.30. The summed E-state index contributed by atoms with van der Waals surface area (Å²) in [6.45, 7) is 2.06. The zero-order chi connectivity index (χ0) is 18.1. The number of benzene rings is 1. The zero-order valence-electron chi connectivity index (χ0n) is 14.7. The number of nitrogens with one attached hydrogen (secondary N) is 1. The van der Waals surface area contributed by atoms with E-state index in [0.717, 1.165) is 36.8 Å². The van der Waals surface area contributed by atoms with Crippen LogP contribution in [0, 0.1) is 11.7 Å². The number of hydrogen-bond donors (Lipinski definition) is 1. The minimum atomic E-state index is -0.405. The van der Waals surface area contributed by atoms with Gasteiger partial charge in [-0.05, 0) is 60.4 Å². The number of halogens is 1. The average Bonchev–Trinajstić information content (AvgIpc) is 2.68. The smallest absolute Gasteiger partial charge is 0.252 e. The SMILES string of the molecule is COc1ccc(C2=CC(=O)N3C=C(C4CCNCC4)C=CC3P2)cc1F. The summed E-state index contributed by atoms with van der Waals surface area (Å²) in [4.78, 5) is 14.5. The van der Waals surface area contributed by atoms with Crippen LogP contribution in [0.3, 0.4) is 0 Å². The molecule has 1 saturated heterocycles. The van der Waals surface area contributed by atoms with E-state index in [0.29, 0.717) is 14.5 Å². The average molecular weight is 372 g/mol. The van der Waals surface area contributed by atoms with Crippen molar-refractivity contribution in [1.29, 1.82) is 0 Å². The van der Waals surface area contributed by atoms with Crippen molar-refractivity contribution in [3.63, 3.8) is 0 Å². The van der Waals surface area contributed by atoms with E-state index in [1.54, 1.807) is 12.1 Å². The Balaban J connectivity index is 1.57. The number of piperidine rings is 1. The van der Waals surface area contributed by atoms with Crippen LogP contribution in [-0.2, 0) is 4.79 Å². The van der Waals surface area contributed by atoms with Crippen LogP contribution in [0.1, 0.15) is 18.4 Å². The minimum Gasteiger partial charge on any atom is -0.494 e. The van der Waals surface area contributed by atoms with Gasteiger partial charge in [0, 0.05) is 12.3 Å². The van der Waals surface area contributed by atoms with Gasteiger partial charge in [0.15, 0.2) is 11.6 Å². The maximum atomic E-state index is 14.0. The van der Waals surface area contributed by atoms with Crippen molar-refractivity contribution in [3.8, 4) is 5.75 Å². The zero-order valence-corrected chi connectivity index (χ0v) is 15.7. The van der Waals surface area contributed by atoms with Gasteiger partial charge in [-0.2, -0.15) is 0 Å². The summed E-state index contributed by atoms with van der Waals surface area (Å²) < 4.78 is 19.0. The van der Waals surface area contributed by atoms with Crippen molar-refractivity contribution in [2.75, 3.05) is 20.2 Å². The number of fused-ring (bicyclic) bond motifs is 1. The molecule has 26 heavy (non-hydrogen) atoms. The van der Waals surface area contributed by atoms with Crippen LogP contribution in [0.25, 0.3) is 5.31 Å². The molecular formula is C20H22FN2O2P. The number of carbonyl (C=O) groups is 1. The normalized spacial score (nSPS) is 24.3. The predicted molar refractivity (Wildman–Crippen MR) is 103 cm³/mol. The van der Waals surface area contributed by atoms with E-state index in [-0.39, 0.29) is 17.4 Å².